The molecule has 0 unspecified atom stereocenters. The maximum absolute atomic E-state index is 13.6. The van der Waals surface area contributed by atoms with Gasteiger partial charge in [-0.2, -0.15) is 10.1 Å². The number of anilines is 2. The lowest BCUT2D eigenvalue weighted by molar-refractivity contribution is 0.370. The van der Waals surface area contributed by atoms with Gasteiger partial charge in [-0.25, -0.2) is 9.07 Å². The van der Waals surface area contributed by atoms with Crippen LogP contribution in [0.25, 0.3) is 0 Å². The molecular weight excluding hydrogens is 473 g/mol. The summed E-state index contributed by atoms with van der Waals surface area (Å²) in [7, 11) is 1.60. The highest BCUT2D eigenvalue weighted by Gasteiger charge is 2.43. The minimum atomic E-state index is -0.493. The molecule has 1 aliphatic carbocycles. The molecule has 0 spiro atoms. The summed E-state index contributed by atoms with van der Waals surface area (Å²) >= 11 is 5.92. The van der Waals surface area contributed by atoms with Gasteiger partial charge in [0, 0.05) is 37.8 Å². The van der Waals surface area contributed by atoms with Crippen LogP contribution in [0.15, 0.2) is 30.5 Å². The molecule has 1 saturated heterocycles. The zero-order chi connectivity index (χ0) is 24.5. The van der Waals surface area contributed by atoms with Crippen molar-refractivity contribution in [3.05, 3.63) is 41.3 Å². The number of nitrogens with zero attached hydrogens (tertiary/aromatic N) is 6. The maximum Gasteiger partial charge on any atom is 0.322 e. The van der Waals surface area contributed by atoms with Crippen molar-refractivity contribution in [3.8, 4) is 17.6 Å². The number of hydrogen-bond acceptors (Lipinski definition) is 8. The van der Waals surface area contributed by atoms with E-state index in [1.54, 1.807) is 18.0 Å². The van der Waals surface area contributed by atoms with Gasteiger partial charge >= 0.3 is 6.01 Å². The summed E-state index contributed by atoms with van der Waals surface area (Å²) in [5, 5.41) is 16.3. The molecule has 2 aromatic heterocycles. The number of hydrogen-bond donors (Lipinski definition) is 1. The highest BCUT2D eigenvalue weighted by molar-refractivity contribution is 6.30. The molecule has 1 saturated carbocycles. The van der Waals surface area contributed by atoms with Gasteiger partial charge in [0.15, 0.2) is 0 Å². The number of methoxy groups -OCH3 is 1. The molecule has 2 aliphatic rings. The van der Waals surface area contributed by atoms with Crippen molar-refractivity contribution in [1.82, 2.24) is 25.0 Å². The second kappa shape index (κ2) is 9.85. The maximum atomic E-state index is 13.6. The van der Waals surface area contributed by atoms with E-state index in [0.29, 0.717) is 47.9 Å². The van der Waals surface area contributed by atoms with Crippen LogP contribution in [0.4, 0.5) is 16.0 Å². The van der Waals surface area contributed by atoms with Crippen LogP contribution in [-0.4, -0.2) is 51.2 Å². The standard InChI is InChI=1S/C24H29ClFN7O2/c1-14(2)11-33-24(35-18-6-7-20(26)19(25)9-18)29-23(31-33)28-22-15-4-5-16(22)13-32(12-15)17-8-21(34-3)30-27-10-17/h6-10,14-16,22H,4-5,11-13H2,1-3H3,(H,28,31)/t15-,16+,22-. The van der Waals surface area contributed by atoms with Crippen molar-refractivity contribution in [2.45, 2.75) is 39.3 Å². The fourth-order valence-electron chi connectivity index (χ4n) is 5.00. The van der Waals surface area contributed by atoms with E-state index in [2.05, 4.69) is 39.2 Å². The molecule has 11 heteroatoms. The first kappa shape index (κ1) is 23.6. The van der Waals surface area contributed by atoms with Crippen LogP contribution < -0.4 is 19.7 Å². The number of fused-ring (bicyclic) bond motifs is 2. The molecule has 0 amide bonds. The second-order valence-corrected chi connectivity index (χ2v) is 10.0. The van der Waals surface area contributed by atoms with Crippen molar-refractivity contribution in [3.63, 3.8) is 0 Å². The Hall–Kier alpha value is -3.14. The lowest BCUT2D eigenvalue weighted by Crippen LogP contribution is -2.48. The van der Waals surface area contributed by atoms with Gasteiger partial charge in [-0.15, -0.1) is 10.2 Å². The summed E-state index contributed by atoms with van der Waals surface area (Å²) in [6, 6.07) is 6.80. The Morgan fingerprint density at radius 3 is 2.66 bits per heavy atom. The van der Waals surface area contributed by atoms with Crippen LogP contribution >= 0.6 is 11.6 Å². The highest BCUT2D eigenvalue weighted by atomic mass is 35.5. The van der Waals surface area contributed by atoms with Gasteiger partial charge in [0.25, 0.3) is 0 Å². The van der Waals surface area contributed by atoms with Crippen molar-refractivity contribution in [2.75, 3.05) is 30.4 Å². The number of nitrogens with one attached hydrogen (secondary N) is 1. The van der Waals surface area contributed by atoms with Crippen molar-refractivity contribution >= 4 is 23.2 Å². The monoisotopic (exact) mass is 501 g/mol. The quantitative estimate of drug-likeness (QED) is 0.477. The average molecular weight is 502 g/mol. The smallest absolute Gasteiger partial charge is 0.322 e. The van der Waals surface area contributed by atoms with E-state index in [9.17, 15) is 4.39 Å². The Labute approximate surface area is 208 Å². The Morgan fingerprint density at radius 1 is 1.20 bits per heavy atom. The highest BCUT2D eigenvalue weighted by Crippen LogP contribution is 2.40. The number of piperidine rings is 1. The minimum absolute atomic E-state index is 0.00104. The van der Waals surface area contributed by atoms with Crippen molar-refractivity contribution < 1.29 is 13.9 Å². The molecule has 1 N–H and O–H groups in total. The zero-order valence-corrected chi connectivity index (χ0v) is 20.7. The average Bonchev–Trinajstić information content (AvgIpc) is 3.29. The van der Waals surface area contributed by atoms with Gasteiger partial charge < -0.3 is 19.7 Å². The fraction of sp³-hybridized carbons (Fsp3) is 0.500. The SMILES string of the molecule is COc1cc(N2C[C@H]3CC[C@@H](C2)[C@@H]3Nc2nc(Oc3ccc(F)c(Cl)c3)n(CC(C)C)n2)cnn1. The molecule has 35 heavy (non-hydrogen) atoms. The van der Waals surface area contributed by atoms with E-state index in [-0.39, 0.29) is 11.1 Å². The van der Waals surface area contributed by atoms with Gasteiger partial charge in [-0.3, -0.25) is 0 Å². The lowest BCUT2D eigenvalue weighted by atomic mass is 9.92. The summed E-state index contributed by atoms with van der Waals surface area (Å²) in [5.41, 5.74) is 1.03. The van der Waals surface area contributed by atoms with Crippen LogP contribution in [0.3, 0.4) is 0 Å². The third-order valence-corrected chi connectivity index (χ3v) is 6.89. The summed E-state index contributed by atoms with van der Waals surface area (Å²) < 4.78 is 26.5. The lowest BCUT2D eigenvalue weighted by Gasteiger charge is -2.39. The van der Waals surface area contributed by atoms with Crippen LogP contribution in [0.2, 0.25) is 5.02 Å². The molecule has 5 rings (SSSR count). The van der Waals surface area contributed by atoms with Crippen LogP contribution in [-0.2, 0) is 6.54 Å². The Bertz CT molecular complexity index is 1180. The van der Waals surface area contributed by atoms with Crippen molar-refractivity contribution in [2.24, 2.45) is 17.8 Å². The molecule has 0 radical (unpaired) electrons. The molecule has 3 aromatic rings. The van der Waals surface area contributed by atoms with Crippen LogP contribution in [0.1, 0.15) is 26.7 Å². The molecule has 2 fully saturated rings. The summed E-state index contributed by atoms with van der Waals surface area (Å²) in [5.74, 6) is 2.22. The number of rotatable bonds is 8. The molecule has 3 heterocycles. The fourth-order valence-corrected chi connectivity index (χ4v) is 5.17. The first-order valence-corrected chi connectivity index (χ1v) is 12.2. The van der Waals surface area contributed by atoms with Crippen molar-refractivity contribution in [1.29, 1.82) is 0 Å². The number of ether oxygens (including phenoxy) is 2. The Morgan fingerprint density at radius 2 is 1.97 bits per heavy atom. The number of halogens is 2. The van der Waals surface area contributed by atoms with E-state index >= 15 is 0 Å². The first-order valence-electron chi connectivity index (χ1n) is 11.9. The second-order valence-electron chi connectivity index (χ2n) is 9.60. The summed E-state index contributed by atoms with van der Waals surface area (Å²) in [6.07, 6.45) is 4.06. The minimum Gasteiger partial charge on any atom is -0.480 e. The van der Waals surface area contributed by atoms with E-state index < -0.39 is 5.82 Å². The third kappa shape index (κ3) is 5.12. The normalized spacial score (nSPS) is 21.4. The predicted octanol–water partition coefficient (Wildman–Crippen LogP) is 4.64. The first-order chi connectivity index (χ1) is 16.9. The zero-order valence-electron chi connectivity index (χ0n) is 20.0. The molecule has 186 valence electrons. The largest absolute Gasteiger partial charge is 0.480 e. The van der Waals surface area contributed by atoms with E-state index in [4.69, 9.17) is 26.2 Å². The summed E-state index contributed by atoms with van der Waals surface area (Å²) in [4.78, 5) is 6.99. The predicted molar refractivity (Wildman–Crippen MR) is 131 cm³/mol. The molecule has 9 nitrogen and oxygen atoms in total. The van der Waals surface area contributed by atoms with Crippen LogP contribution in [0.5, 0.6) is 17.6 Å². The van der Waals surface area contributed by atoms with Gasteiger partial charge in [-0.05, 0) is 42.7 Å². The van der Waals surface area contributed by atoms with E-state index in [1.165, 1.54) is 18.2 Å². The Kier molecular flexibility index (Phi) is 6.64. The van der Waals surface area contributed by atoms with Gasteiger partial charge in [0.2, 0.25) is 11.8 Å². The molecule has 3 atom stereocenters. The topological polar surface area (TPSA) is 90.2 Å². The molecule has 1 aliphatic heterocycles. The number of aromatic nitrogens is 5. The summed E-state index contributed by atoms with van der Waals surface area (Å²) in [6.45, 7) is 6.67. The third-order valence-electron chi connectivity index (χ3n) is 6.60. The van der Waals surface area contributed by atoms with Gasteiger partial charge in [0.1, 0.15) is 11.6 Å². The molecular formula is C24H29ClFN7O2. The van der Waals surface area contributed by atoms with Gasteiger partial charge in [-0.1, -0.05) is 25.4 Å². The van der Waals surface area contributed by atoms with Crippen LogP contribution in [0, 0.1) is 23.6 Å². The van der Waals surface area contributed by atoms with E-state index in [1.807, 2.05) is 6.07 Å². The van der Waals surface area contributed by atoms with Gasteiger partial charge in [0.05, 0.1) is 24.0 Å². The molecule has 2 bridgehead atoms. The molecule has 1 aromatic carbocycles. The van der Waals surface area contributed by atoms with E-state index in [0.717, 1.165) is 31.6 Å². The Balaban J connectivity index is 1.32. The number of benzene rings is 1.